The van der Waals surface area contributed by atoms with E-state index in [1.54, 1.807) is 24.4 Å². The minimum Gasteiger partial charge on any atom is -0.495 e. The predicted octanol–water partition coefficient (Wildman–Crippen LogP) is 3.04. The molecule has 0 atom stereocenters. The SMILES string of the molecule is COc1cccc(OC)c1S(=O)(=O)CCc1noc2cc(Cn3cccn3)c3c(c12)OCC3. The van der Waals surface area contributed by atoms with Crippen LogP contribution in [-0.2, 0) is 29.2 Å². The first-order valence-electron chi connectivity index (χ1n) is 10.5. The van der Waals surface area contributed by atoms with E-state index >= 15 is 0 Å². The second kappa shape index (κ2) is 8.43. The summed E-state index contributed by atoms with van der Waals surface area (Å²) in [4.78, 5) is 0.0331. The van der Waals surface area contributed by atoms with Gasteiger partial charge in [0.2, 0.25) is 0 Å². The predicted molar refractivity (Wildman–Crippen MR) is 120 cm³/mol. The first-order chi connectivity index (χ1) is 16.0. The van der Waals surface area contributed by atoms with Crippen LogP contribution >= 0.6 is 0 Å². The summed E-state index contributed by atoms with van der Waals surface area (Å²) in [6.07, 6.45) is 4.56. The van der Waals surface area contributed by atoms with Crippen molar-refractivity contribution in [1.29, 1.82) is 0 Å². The minimum absolute atomic E-state index is 0.0331. The van der Waals surface area contributed by atoms with Crippen LogP contribution in [0.15, 0.2) is 52.1 Å². The molecule has 1 aliphatic rings. The monoisotopic (exact) mass is 469 g/mol. The summed E-state index contributed by atoms with van der Waals surface area (Å²) < 4.78 is 50.4. The smallest absolute Gasteiger partial charge is 0.186 e. The summed E-state index contributed by atoms with van der Waals surface area (Å²) in [5.74, 6) is 1.02. The van der Waals surface area contributed by atoms with Gasteiger partial charge in [-0.15, -0.1) is 0 Å². The molecule has 5 rings (SSSR count). The highest BCUT2D eigenvalue weighted by atomic mass is 32.2. The van der Waals surface area contributed by atoms with Crippen molar-refractivity contribution in [3.05, 3.63) is 59.5 Å². The lowest BCUT2D eigenvalue weighted by Gasteiger charge is -2.13. The van der Waals surface area contributed by atoms with Crippen molar-refractivity contribution in [2.75, 3.05) is 26.6 Å². The van der Waals surface area contributed by atoms with Gasteiger partial charge in [-0.3, -0.25) is 4.68 Å². The lowest BCUT2D eigenvalue weighted by molar-refractivity contribution is 0.360. The Morgan fingerprint density at radius 1 is 1.15 bits per heavy atom. The Hall–Kier alpha value is -3.53. The quantitative estimate of drug-likeness (QED) is 0.388. The van der Waals surface area contributed by atoms with E-state index in [9.17, 15) is 8.42 Å². The summed E-state index contributed by atoms with van der Waals surface area (Å²) >= 11 is 0. The Morgan fingerprint density at radius 2 is 1.94 bits per heavy atom. The molecule has 0 spiro atoms. The highest BCUT2D eigenvalue weighted by molar-refractivity contribution is 7.91. The Morgan fingerprint density at radius 3 is 2.64 bits per heavy atom. The van der Waals surface area contributed by atoms with E-state index in [2.05, 4.69) is 10.3 Å². The van der Waals surface area contributed by atoms with Crippen LogP contribution in [0.5, 0.6) is 17.2 Å². The van der Waals surface area contributed by atoms with Gasteiger partial charge in [-0.05, 0) is 29.8 Å². The fourth-order valence-electron chi connectivity index (χ4n) is 4.25. The molecule has 0 fully saturated rings. The minimum atomic E-state index is -3.73. The Kier molecular flexibility index (Phi) is 5.45. The summed E-state index contributed by atoms with van der Waals surface area (Å²) in [5, 5.41) is 9.20. The fourth-order valence-corrected chi connectivity index (χ4v) is 5.83. The average Bonchev–Trinajstić information content (AvgIpc) is 3.57. The van der Waals surface area contributed by atoms with Crippen LogP contribution in [0.3, 0.4) is 0 Å². The molecule has 0 N–H and O–H groups in total. The Bertz CT molecular complexity index is 1390. The van der Waals surface area contributed by atoms with Gasteiger partial charge in [0.25, 0.3) is 0 Å². The maximum atomic E-state index is 13.2. The molecule has 1 aliphatic heterocycles. The molecule has 33 heavy (non-hydrogen) atoms. The van der Waals surface area contributed by atoms with Crippen molar-refractivity contribution in [3.63, 3.8) is 0 Å². The van der Waals surface area contributed by atoms with Crippen LogP contribution in [-0.4, -0.2) is 49.9 Å². The van der Waals surface area contributed by atoms with Crippen molar-refractivity contribution in [2.24, 2.45) is 0 Å². The zero-order valence-corrected chi connectivity index (χ0v) is 19.1. The summed E-state index contributed by atoms with van der Waals surface area (Å²) in [5.41, 5.74) is 3.25. The zero-order valence-electron chi connectivity index (χ0n) is 18.3. The molecule has 2 aromatic carbocycles. The van der Waals surface area contributed by atoms with E-state index in [-0.39, 0.29) is 28.6 Å². The van der Waals surface area contributed by atoms with Crippen molar-refractivity contribution in [1.82, 2.24) is 14.9 Å². The van der Waals surface area contributed by atoms with Gasteiger partial charge < -0.3 is 18.7 Å². The fraction of sp³-hybridized carbons (Fsp3) is 0.304. The second-order valence-corrected chi connectivity index (χ2v) is 9.75. The third-order valence-corrected chi connectivity index (χ3v) is 7.54. The Labute approximate surface area is 190 Å². The lowest BCUT2D eigenvalue weighted by Crippen LogP contribution is -2.12. The number of hydrogen-bond donors (Lipinski definition) is 0. The van der Waals surface area contributed by atoms with E-state index in [0.29, 0.717) is 24.4 Å². The van der Waals surface area contributed by atoms with Gasteiger partial charge in [0.05, 0.1) is 44.2 Å². The van der Waals surface area contributed by atoms with Crippen molar-refractivity contribution < 1.29 is 27.2 Å². The number of nitrogens with zero attached hydrogens (tertiary/aromatic N) is 3. The van der Waals surface area contributed by atoms with Gasteiger partial charge in [-0.25, -0.2) is 8.42 Å². The summed E-state index contributed by atoms with van der Waals surface area (Å²) in [6.45, 7) is 1.15. The number of ether oxygens (including phenoxy) is 3. The molecular weight excluding hydrogens is 446 g/mol. The highest BCUT2D eigenvalue weighted by Gasteiger charge is 2.28. The molecular formula is C23H23N3O6S. The van der Waals surface area contributed by atoms with E-state index < -0.39 is 9.84 Å². The molecule has 9 nitrogen and oxygen atoms in total. The summed E-state index contributed by atoms with van der Waals surface area (Å²) in [7, 11) is -0.869. The van der Waals surface area contributed by atoms with Crippen LogP contribution in [0.2, 0.25) is 0 Å². The molecule has 0 saturated carbocycles. The molecule has 0 saturated heterocycles. The first kappa shape index (κ1) is 21.3. The number of rotatable bonds is 8. The molecule has 172 valence electrons. The molecule has 2 aromatic heterocycles. The van der Waals surface area contributed by atoms with Crippen molar-refractivity contribution >= 4 is 20.8 Å². The molecule has 3 heterocycles. The number of fused-ring (bicyclic) bond motifs is 3. The number of aromatic nitrogens is 3. The third kappa shape index (κ3) is 3.80. The standard InChI is InChI=1S/C23H23N3O6S/c1-29-18-5-3-6-19(30-2)23(18)33(27,28)12-8-17-21-20(32-25-17)13-15(14-26-10-4-9-24-26)16-7-11-31-22(16)21/h3-6,9-10,13H,7-8,11-12,14H2,1-2H3. The maximum Gasteiger partial charge on any atom is 0.186 e. The summed E-state index contributed by atoms with van der Waals surface area (Å²) in [6, 6.07) is 8.70. The zero-order chi connectivity index (χ0) is 23.0. The second-order valence-electron chi connectivity index (χ2n) is 7.71. The topological polar surface area (TPSA) is 106 Å². The molecule has 4 aromatic rings. The van der Waals surface area contributed by atoms with Crippen LogP contribution in [0.25, 0.3) is 11.0 Å². The highest BCUT2D eigenvalue weighted by Crippen LogP contribution is 2.40. The lowest BCUT2D eigenvalue weighted by atomic mass is 10.0. The van der Waals surface area contributed by atoms with Crippen LogP contribution in [0.4, 0.5) is 0 Å². The van der Waals surface area contributed by atoms with Gasteiger partial charge in [-0.2, -0.15) is 5.10 Å². The number of aryl methyl sites for hydroxylation is 1. The van der Waals surface area contributed by atoms with Gasteiger partial charge in [0.15, 0.2) is 20.3 Å². The first-order valence-corrected chi connectivity index (χ1v) is 12.1. The van der Waals surface area contributed by atoms with Gasteiger partial charge in [0, 0.05) is 30.8 Å². The van der Waals surface area contributed by atoms with E-state index in [1.165, 1.54) is 14.2 Å². The van der Waals surface area contributed by atoms with Crippen molar-refractivity contribution in [2.45, 2.75) is 24.3 Å². The third-order valence-electron chi connectivity index (χ3n) is 5.77. The molecule has 0 amide bonds. The van der Waals surface area contributed by atoms with Crippen LogP contribution in [0.1, 0.15) is 16.8 Å². The van der Waals surface area contributed by atoms with Crippen molar-refractivity contribution in [3.8, 4) is 17.2 Å². The van der Waals surface area contributed by atoms with Crippen LogP contribution in [0, 0.1) is 0 Å². The average molecular weight is 470 g/mol. The van der Waals surface area contributed by atoms with Gasteiger partial charge in [0.1, 0.15) is 17.2 Å². The van der Waals surface area contributed by atoms with E-state index in [0.717, 1.165) is 28.7 Å². The largest absolute Gasteiger partial charge is 0.495 e. The number of benzene rings is 2. The maximum absolute atomic E-state index is 13.2. The molecule has 0 unspecified atom stereocenters. The molecule has 0 bridgehead atoms. The normalized spacial score (nSPS) is 13.2. The van der Waals surface area contributed by atoms with Gasteiger partial charge in [-0.1, -0.05) is 11.2 Å². The van der Waals surface area contributed by atoms with E-state index in [1.807, 2.05) is 23.0 Å². The van der Waals surface area contributed by atoms with Crippen LogP contribution < -0.4 is 14.2 Å². The number of sulfone groups is 1. The Balaban J connectivity index is 1.48. The van der Waals surface area contributed by atoms with Gasteiger partial charge >= 0.3 is 0 Å². The van der Waals surface area contributed by atoms with E-state index in [4.69, 9.17) is 18.7 Å². The number of methoxy groups -OCH3 is 2. The molecule has 10 heteroatoms. The molecule has 0 radical (unpaired) electrons. The number of hydrogen-bond acceptors (Lipinski definition) is 8. The molecule has 0 aliphatic carbocycles.